The zero-order valence-electron chi connectivity index (χ0n) is 11.4. The Morgan fingerprint density at radius 1 is 1.24 bits per heavy atom. The molecule has 1 aromatic heterocycles. The summed E-state index contributed by atoms with van der Waals surface area (Å²) in [5.74, 6) is -1.15. The molecule has 110 valence electrons. The molecule has 2 rings (SSSR count). The fraction of sp³-hybridized carbons (Fsp3) is 0.214. The highest BCUT2D eigenvalue weighted by Crippen LogP contribution is 2.24. The maximum atomic E-state index is 13.4. The van der Waals surface area contributed by atoms with Crippen LogP contribution in [0.2, 0.25) is 0 Å². The molecule has 0 bridgehead atoms. The number of anilines is 1. The lowest BCUT2D eigenvalue weighted by Crippen LogP contribution is -2.34. The number of nitrogens with zero attached hydrogens (tertiary/aromatic N) is 1. The fourth-order valence-corrected chi connectivity index (χ4v) is 1.96. The van der Waals surface area contributed by atoms with E-state index in [2.05, 4.69) is 15.6 Å². The first kappa shape index (κ1) is 14.7. The van der Waals surface area contributed by atoms with Crippen LogP contribution in [0.5, 0.6) is 0 Å². The van der Waals surface area contributed by atoms with Crippen molar-refractivity contribution in [2.75, 3.05) is 18.8 Å². The largest absolute Gasteiger partial charge is 0.398 e. The molecule has 0 spiro atoms. The van der Waals surface area contributed by atoms with Gasteiger partial charge in [0.1, 0.15) is 11.5 Å². The van der Waals surface area contributed by atoms with Crippen molar-refractivity contribution in [3.8, 4) is 0 Å². The van der Waals surface area contributed by atoms with Gasteiger partial charge in [-0.1, -0.05) is 0 Å². The van der Waals surface area contributed by atoms with E-state index in [9.17, 15) is 14.0 Å². The number of halogens is 1. The summed E-state index contributed by atoms with van der Waals surface area (Å²) in [6.45, 7) is 1.95. The van der Waals surface area contributed by atoms with Gasteiger partial charge in [0.2, 0.25) is 5.91 Å². The number of hydrogen-bond acceptors (Lipinski definition) is 4. The molecule has 0 atom stereocenters. The molecule has 0 aliphatic rings. The molecule has 6 nitrogen and oxygen atoms in total. The van der Waals surface area contributed by atoms with E-state index in [1.807, 2.05) is 0 Å². The van der Waals surface area contributed by atoms with Crippen molar-refractivity contribution in [1.82, 2.24) is 15.6 Å². The van der Waals surface area contributed by atoms with Gasteiger partial charge >= 0.3 is 0 Å². The monoisotopic (exact) mass is 290 g/mol. The van der Waals surface area contributed by atoms with Crippen LogP contribution in [0.3, 0.4) is 0 Å². The Labute approximate surface area is 120 Å². The number of benzene rings is 1. The number of carbonyl (C=O) groups is 2. The first-order valence-electron chi connectivity index (χ1n) is 6.35. The standard InChI is InChI=1S/C14H15FN4O2/c1-8(20)17-4-5-19-14(21)13-11-6-9(15)7-12(16)10(11)2-3-18-13/h2-3,6-7H,4-5,16H2,1H3,(H,17,20)(H,19,21). The molecular weight excluding hydrogens is 275 g/mol. The number of amides is 2. The number of nitrogens with one attached hydrogen (secondary N) is 2. The van der Waals surface area contributed by atoms with Gasteiger partial charge in [0.05, 0.1) is 0 Å². The van der Waals surface area contributed by atoms with Crippen LogP contribution >= 0.6 is 0 Å². The van der Waals surface area contributed by atoms with Crippen LogP contribution in [0.4, 0.5) is 10.1 Å². The Morgan fingerprint density at radius 3 is 2.67 bits per heavy atom. The third kappa shape index (κ3) is 3.44. The second-order valence-electron chi connectivity index (χ2n) is 4.49. The lowest BCUT2D eigenvalue weighted by molar-refractivity contribution is -0.118. The smallest absolute Gasteiger partial charge is 0.270 e. The third-order valence-electron chi connectivity index (χ3n) is 2.88. The number of pyridine rings is 1. The van der Waals surface area contributed by atoms with Crippen LogP contribution in [0.1, 0.15) is 17.4 Å². The third-order valence-corrected chi connectivity index (χ3v) is 2.88. The maximum Gasteiger partial charge on any atom is 0.270 e. The lowest BCUT2D eigenvalue weighted by Gasteiger charge is -2.09. The average Bonchev–Trinajstić information content (AvgIpc) is 2.42. The summed E-state index contributed by atoms with van der Waals surface area (Å²) in [7, 11) is 0. The van der Waals surface area contributed by atoms with Gasteiger partial charge in [-0.15, -0.1) is 0 Å². The van der Waals surface area contributed by atoms with Gasteiger partial charge in [-0.05, 0) is 18.2 Å². The minimum Gasteiger partial charge on any atom is -0.398 e. The molecule has 0 radical (unpaired) electrons. The highest BCUT2D eigenvalue weighted by molar-refractivity contribution is 6.07. The van der Waals surface area contributed by atoms with E-state index in [-0.39, 0.29) is 23.8 Å². The molecule has 0 fully saturated rings. The van der Waals surface area contributed by atoms with E-state index < -0.39 is 11.7 Å². The molecule has 7 heteroatoms. The van der Waals surface area contributed by atoms with E-state index in [4.69, 9.17) is 5.73 Å². The zero-order valence-corrected chi connectivity index (χ0v) is 11.4. The summed E-state index contributed by atoms with van der Waals surface area (Å²) in [6.07, 6.45) is 1.44. The number of aromatic nitrogens is 1. The maximum absolute atomic E-state index is 13.4. The predicted molar refractivity (Wildman–Crippen MR) is 77.1 cm³/mol. The van der Waals surface area contributed by atoms with Gasteiger partial charge in [0.25, 0.3) is 5.91 Å². The quantitative estimate of drug-likeness (QED) is 0.573. The first-order valence-corrected chi connectivity index (χ1v) is 6.35. The van der Waals surface area contributed by atoms with E-state index in [1.54, 1.807) is 6.07 Å². The molecule has 0 saturated heterocycles. The number of nitrogens with two attached hydrogens (primary N) is 1. The van der Waals surface area contributed by atoms with Crippen molar-refractivity contribution in [2.24, 2.45) is 0 Å². The molecule has 2 amide bonds. The number of fused-ring (bicyclic) bond motifs is 1. The lowest BCUT2D eigenvalue weighted by atomic mass is 10.1. The van der Waals surface area contributed by atoms with Crippen LogP contribution in [0, 0.1) is 5.82 Å². The summed E-state index contributed by atoms with van der Waals surface area (Å²) in [4.78, 5) is 26.8. The van der Waals surface area contributed by atoms with Crippen molar-refractivity contribution in [2.45, 2.75) is 6.92 Å². The summed E-state index contributed by atoms with van der Waals surface area (Å²) in [6, 6.07) is 4.04. The normalized spacial score (nSPS) is 10.4. The van der Waals surface area contributed by atoms with Gasteiger partial charge in [0, 0.05) is 42.7 Å². The Hall–Kier alpha value is -2.70. The van der Waals surface area contributed by atoms with Gasteiger partial charge in [-0.2, -0.15) is 0 Å². The first-order chi connectivity index (χ1) is 9.99. The van der Waals surface area contributed by atoms with E-state index in [1.165, 1.54) is 25.3 Å². The van der Waals surface area contributed by atoms with E-state index in [0.29, 0.717) is 17.3 Å². The van der Waals surface area contributed by atoms with Gasteiger partial charge < -0.3 is 16.4 Å². The second kappa shape index (κ2) is 6.17. The number of rotatable bonds is 4. The minimum absolute atomic E-state index is 0.0986. The molecule has 0 aliphatic carbocycles. The molecule has 1 heterocycles. The number of carbonyl (C=O) groups excluding carboxylic acids is 2. The summed E-state index contributed by atoms with van der Waals surface area (Å²) < 4.78 is 13.4. The summed E-state index contributed by atoms with van der Waals surface area (Å²) >= 11 is 0. The number of hydrogen-bond donors (Lipinski definition) is 3. The van der Waals surface area contributed by atoms with Gasteiger partial charge in [0.15, 0.2) is 0 Å². The van der Waals surface area contributed by atoms with Crippen LogP contribution in [0.25, 0.3) is 10.8 Å². The Bertz CT molecular complexity index is 703. The van der Waals surface area contributed by atoms with Crippen LogP contribution in [-0.2, 0) is 4.79 Å². The molecule has 0 saturated carbocycles. The Morgan fingerprint density at radius 2 is 1.95 bits per heavy atom. The predicted octanol–water partition coefficient (Wildman–Crippen LogP) is 0.822. The van der Waals surface area contributed by atoms with Gasteiger partial charge in [-0.25, -0.2) is 4.39 Å². The fourth-order valence-electron chi connectivity index (χ4n) is 1.96. The van der Waals surface area contributed by atoms with Crippen LogP contribution in [-0.4, -0.2) is 29.9 Å². The van der Waals surface area contributed by atoms with Crippen molar-refractivity contribution in [3.63, 3.8) is 0 Å². The van der Waals surface area contributed by atoms with Gasteiger partial charge in [-0.3, -0.25) is 14.6 Å². The Balaban J connectivity index is 2.21. The number of nitrogen functional groups attached to an aromatic ring is 1. The van der Waals surface area contributed by atoms with Crippen LogP contribution in [0.15, 0.2) is 24.4 Å². The van der Waals surface area contributed by atoms with E-state index in [0.717, 1.165) is 0 Å². The minimum atomic E-state index is -0.528. The van der Waals surface area contributed by atoms with Crippen molar-refractivity contribution in [3.05, 3.63) is 35.9 Å². The topological polar surface area (TPSA) is 97.1 Å². The summed E-state index contributed by atoms with van der Waals surface area (Å²) in [5, 5.41) is 6.08. The van der Waals surface area contributed by atoms with Crippen molar-refractivity contribution in [1.29, 1.82) is 0 Å². The zero-order chi connectivity index (χ0) is 15.4. The molecule has 1 aromatic carbocycles. The van der Waals surface area contributed by atoms with E-state index >= 15 is 0 Å². The Kier molecular flexibility index (Phi) is 4.32. The summed E-state index contributed by atoms with van der Waals surface area (Å²) in [5.41, 5.74) is 6.08. The van der Waals surface area contributed by atoms with Crippen molar-refractivity contribution >= 4 is 28.3 Å². The molecule has 4 N–H and O–H groups in total. The molecule has 21 heavy (non-hydrogen) atoms. The average molecular weight is 290 g/mol. The molecular formula is C14H15FN4O2. The highest BCUT2D eigenvalue weighted by Gasteiger charge is 2.13. The second-order valence-corrected chi connectivity index (χ2v) is 4.49. The van der Waals surface area contributed by atoms with Crippen molar-refractivity contribution < 1.29 is 14.0 Å². The molecule has 2 aromatic rings. The molecule has 0 aliphatic heterocycles. The van der Waals surface area contributed by atoms with Crippen LogP contribution < -0.4 is 16.4 Å². The highest BCUT2D eigenvalue weighted by atomic mass is 19.1. The SMILES string of the molecule is CC(=O)NCCNC(=O)c1nccc2c(N)cc(F)cc12. The molecule has 0 unspecified atom stereocenters.